The lowest BCUT2D eigenvalue weighted by atomic mass is 10.2. The number of benzene rings is 2. The summed E-state index contributed by atoms with van der Waals surface area (Å²) in [6, 6.07) is 12.6. The number of para-hydroxylation sites is 2. The summed E-state index contributed by atoms with van der Waals surface area (Å²) < 4.78 is 27.4. The molecule has 7 nitrogen and oxygen atoms in total. The zero-order chi connectivity index (χ0) is 17.1. The van der Waals surface area contributed by atoms with Crippen LogP contribution in [0.25, 0.3) is 0 Å². The molecule has 0 spiro atoms. The van der Waals surface area contributed by atoms with Gasteiger partial charge < -0.3 is 29.0 Å². The van der Waals surface area contributed by atoms with Crippen molar-refractivity contribution in [3.8, 4) is 28.7 Å². The van der Waals surface area contributed by atoms with Gasteiger partial charge in [-0.1, -0.05) is 12.1 Å². The largest absolute Gasteiger partial charge is 0.486 e. The van der Waals surface area contributed by atoms with Gasteiger partial charge >= 0.3 is 0 Å². The van der Waals surface area contributed by atoms with Crippen LogP contribution in [0.1, 0.15) is 0 Å². The van der Waals surface area contributed by atoms with Gasteiger partial charge in [0.1, 0.15) is 18.5 Å². The molecule has 1 amide bonds. The second-order valence-electron chi connectivity index (χ2n) is 5.61. The molecule has 2 aliphatic rings. The van der Waals surface area contributed by atoms with Crippen molar-refractivity contribution in [2.24, 2.45) is 0 Å². The Kier molecular flexibility index (Phi) is 4.20. The fraction of sp³-hybridized carbons (Fsp3) is 0.278. The number of hydrogen-bond donors (Lipinski definition) is 1. The molecule has 2 aliphatic heterocycles. The molecule has 0 fully saturated rings. The summed E-state index contributed by atoms with van der Waals surface area (Å²) in [7, 11) is 0. The zero-order valence-electron chi connectivity index (χ0n) is 13.4. The maximum absolute atomic E-state index is 11.9. The molecule has 1 N–H and O–H groups in total. The number of hydrogen-bond acceptors (Lipinski definition) is 6. The molecule has 25 heavy (non-hydrogen) atoms. The van der Waals surface area contributed by atoms with Crippen molar-refractivity contribution in [3.05, 3.63) is 42.5 Å². The Balaban J connectivity index is 1.23. The van der Waals surface area contributed by atoms with E-state index in [1.165, 1.54) is 0 Å². The first-order valence-electron chi connectivity index (χ1n) is 7.95. The minimum absolute atomic E-state index is 0.0934. The average Bonchev–Trinajstić information content (AvgIpc) is 3.12. The first-order chi connectivity index (χ1) is 12.3. The van der Waals surface area contributed by atoms with Crippen LogP contribution in [0.4, 0.5) is 0 Å². The lowest BCUT2D eigenvalue weighted by Gasteiger charge is -2.26. The lowest BCUT2D eigenvalue weighted by molar-refractivity contribution is -0.123. The number of fused-ring (bicyclic) bond motifs is 2. The van der Waals surface area contributed by atoms with Gasteiger partial charge in [0.05, 0.1) is 6.54 Å². The average molecular weight is 343 g/mol. The first kappa shape index (κ1) is 15.4. The first-order valence-corrected chi connectivity index (χ1v) is 7.95. The maximum Gasteiger partial charge on any atom is 0.258 e. The number of ether oxygens (including phenoxy) is 5. The molecule has 7 heteroatoms. The number of carbonyl (C=O) groups excluding carboxylic acids is 1. The van der Waals surface area contributed by atoms with Crippen molar-refractivity contribution in [3.63, 3.8) is 0 Å². The Morgan fingerprint density at radius 2 is 1.84 bits per heavy atom. The Morgan fingerprint density at radius 3 is 2.76 bits per heavy atom. The zero-order valence-corrected chi connectivity index (χ0v) is 13.4. The van der Waals surface area contributed by atoms with Crippen molar-refractivity contribution in [1.29, 1.82) is 0 Å². The highest BCUT2D eigenvalue weighted by molar-refractivity contribution is 5.77. The molecule has 4 rings (SSSR count). The lowest BCUT2D eigenvalue weighted by Crippen LogP contribution is -2.42. The van der Waals surface area contributed by atoms with Gasteiger partial charge in [0.25, 0.3) is 5.91 Å². The molecule has 0 bridgehead atoms. The molecule has 0 saturated carbocycles. The molecule has 0 aromatic heterocycles. The van der Waals surface area contributed by atoms with Crippen LogP contribution in [-0.4, -0.2) is 38.6 Å². The van der Waals surface area contributed by atoms with Crippen LogP contribution >= 0.6 is 0 Å². The Labute approximate surface area is 144 Å². The summed E-state index contributed by atoms with van der Waals surface area (Å²) in [4.78, 5) is 11.9. The smallest absolute Gasteiger partial charge is 0.258 e. The molecule has 2 aromatic rings. The Morgan fingerprint density at radius 1 is 1.04 bits per heavy atom. The second-order valence-corrected chi connectivity index (χ2v) is 5.61. The van der Waals surface area contributed by atoms with Crippen molar-refractivity contribution in [1.82, 2.24) is 5.32 Å². The van der Waals surface area contributed by atoms with Crippen LogP contribution in [0.5, 0.6) is 28.7 Å². The van der Waals surface area contributed by atoms with Crippen LogP contribution in [0.3, 0.4) is 0 Å². The predicted molar refractivity (Wildman–Crippen MR) is 87.4 cm³/mol. The van der Waals surface area contributed by atoms with E-state index in [-0.39, 0.29) is 25.4 Å². The number of nitrogens with one attached hydrogen (secondary N) is 1. The third-order valence-electron chi connectivity index (χ3n) is 3.81. The summed E-state index contributed by atoms with van der Waals surface area (Å²) >= 11 is 0. The molecular formula is C18H17NO6. The standard InChI is InChI=1S/C18H17NO6/c20-18(10-21-12-5-6-15-17(7-12)24-11-23-15)19-8-13-9-22-14-3-1-2-4-16(14)25-13/h1-7,13H,8-11H2,(H,19,20). The number of amides is 1. The van der Waals surface area contributed by atoms with Crippen molar-refractivity contribution in [2.45, 2.75) is 6.10 Å². The molecular weight excluding hydrogens is 326 g/mol. The van der Waals surface area contributed by atoms with Crippen molar-refractivity contribution < 1.29 is 28.5 Å². The minimum Gasteiger partial charge on any atom is -0.486 e. The topological polar surface area (TPSA) is 75.3 Å². The van der Waals surface area contributed by atoms with E-state index in [1.807, 2.05) is 24.3 Å². The van der Waals surface area contributed by atoms with Crippen LogP contribution in [0.2, 0.25) is 0 Å². The third kappa shape index (κ3) is 3.55. The summed E-state index contributed by atoms with van der Waals surface area (Å²) in [6.07, 6.45) is -0.232. The van der Waals surface area contributed by atoms with E-state index >= 15 is 0 Å². The maximum atomic E-state index is 11.9. The highest BCUT2D eigenvalue weighted by Gasteiger charge is 2.21. The highest BCUT2D eigenvalue weighted by Crippen LogP contribution is 2.35. The molecule has 0 aliphatic carbocycles. The van der Waals surface area contributed by atoms with Gasteiger partial charge in [-0.2, -0.15) is 0 Å². The Bertz CT molecular complexity index is 778. The van der Waals surface area contributed by atoms with Crippen LogP contribution in [0, 0.1) is 0 Å². The van der Waals surface area contributed by atoms with Crippen LogP contribution in [-0.2, 0) is 4.79 Å². The van der Waals surface area contributed by atoms with E-state index < -0.39 is 0 Å². The fourth-order valence-electron chi connectivity index (χ4n) is 2.56. The van der Waals surface area contributed by atoms with Gasteiger partial charge in [-0.05, 0) is 24.3 Å². The molecule has 0 radical (unpaired) electrons. The number of carbonyl (C=O) groups is 1. The monoisotopic (exact) mass is 343 g/mol. The highest BCUT2D eigenvalue weighted by atomic mass is 16.7. The van der Waals surface area contributed by atoms with E-state index in [1.54, 1.807) is 18.2 Å². The molecule has 130 valence electrons. The summed E-state index contributed by atoms with van der Waals surface area (Å²) in [5.41, 5.74) is 0. The molecule has 1 atom stereocenters. The van der Waals surface area contributed by atoms with E-state index in [9.17, 15) is 4.79 Å². The Hall–Kier alpha value is -3.09. The van der Waals surface area contributed by atoms with Crippen LogP contribution < -0.4 is 29.0 Å². The normalized spacial score (nSPS) is 17.0. The summed E-state index contributed by atoms with van der Waals surface area (Å²) in [5, 5.41) is 2.78. The fourth-order valence-corrected chi connectivity index (χ4v) is 2.56. The van der Waals surface area contributed by atoms with Gasteiger partial charge in [-0.15, -0.1) is 0 Å². The van der Waals surface area contributed by atoms with Crippen molar-refractivity contribution >= 4 is 5.91 Å². The second kappa shape index (κ2) is 6.80. The summed E-state index contributed by atoms with van der Waals surface area (Å²) in [5.74, 6) is 3.00. The molecule has 1 unspecified atom stereocenters. The van der Waals surface area contributed by atoms with E-state index in [0.29, 0.717) is 36.1 Å². The van der Waals surface area contributed by atoms with E-state index in [2.05, 4.69) is 5.32 Å². The van der Waals surface area contributed by atoms with Gasteiger partial charge in [-0.3, -0.25) is 4.79 Å². The van der Waals surface area contributed by atoms with Crippen molar-refractivity contribution in [2.75, 3.05) is 26.6 Å². The number of rotatable bonds is 5. The van der Waals surface area contributed by atoms with Gasteiger partial charge in [0, 0.05) is 6.07 Å². The molecule has 0 saturated heterocycles. The molecule has 2 aromatic carbocycles. The van der Waals surface area contributed by atoms with Gasteiger partial charge in [-0.25, -0.2) is 0 Å². The quantitative estimate of drug-likeness (QED) is 0.891. The van der Waals surface area contributed by atoms with Crippen LogP contribution in [0.15, 0.2) is 42.5 Å². The third-order valence-corrected chi connectivity index (χ3v) is 3.81. The van der Waals surface area contributed by atoms with Gasteiger partial charge in [0.2, 0.25) is 6.79 Å². The minimum atomic E-state index is -0.236. The van der Waals surface area contributed by atoms with E-state index in [0.717, 1.165) is 5.75 Å². The summed E-state index contributed by atoms with van der Waals surface area (Å²) in [6.45, 7) is 0.841. The van der Waals surface area contributed by atoms with E-state index in [4.69, 9.17) is 23.7 Å². The SMILES string of the molecule is O=C(COc1ccc2c(c1)OCO2)NCC1COc2ccccc2O1. The molecule has 2 heterocycles. The van der Waals surface area contributed by atoms with Gasteiger partial charge in [0.15, 0.2) is 29.6 Å². The predicted octanol–water partition coefficient (Wildman–Crippen LogP) is 1.75.